The van der Waals surface area contributed by atoms with Crippen LogP contribution < -0.4 is 5.48 Å². The van der Waals surface area contributed by atoms with Crippen LogP contribution in [-0.2, 0) is 4.84 Å². The van der Waals surface area contributed by atoms with Crippen LogP contribution in [0.25, 0.3) is 0 Å². The summed E-state index contributed by atoms with van der Waals surface area (Å²) in [4.78, 5) is 4.74. The van der Waals surface area contributed by atoms with Gasteiger partial charge in [-0.2, -0.15) is 5.48 Å². The molecule has 1 saturated carbocycles. The van der Waals surface area contributed by atoms with Crippen molar-refractivity contribution < 1.29 is 9.94 Å². The van der Waals surface area contributed by atoms with Crippen molar-refractivity contribution in [3.8, 4) is 0 Å². The molecule has 1 rings (SSSR count). The summed E-state index contributed by atoms with van der Waals surface area (Å²) >= 11 is 0. The first-order valence-electron chi connectivity index (χ1n) is 3.81. The number of aliphatic hydroxyl groups excluding tert-OH is 1. The first kappa shape index (κ1) is 7.98. The summed E-state index contributed by atoms with van der Waals surface area (Å²) in [7, 11) is 1.58. The number of hydrogen-bond acceptors (Lipinski definition) is 3. The number of hydroxylamine groups is 1. The molecule has 0 bridgehead atoms. The molecule has 0 aromatic heterocycles. The fourth-order valence-corrected chi connectivity index (χ4v) is 1.40. The highest BCUT2D eigenvalue weighted by Gasteiger charge is 2.22. The highest BCUT2D eigenvalue weighted by Crippen LogP contribution is 2.17. The maximum Gasteiger partial charge on any atom is 0.0716 e. The lowest BCUT2D eigenvalue weighted by Gasteiger charge is -2.27. The first-order valence-corrected chi connectivity index (χ1v) is 3.81. The largest absolute Gasteiger partial charge is 0.391 e. The Hall–Kier alpha value is -0.120. The van der Waals surface area contributed by atoms with Gasteiger partial charge >= 0.3 is 0 Å². The van der Waals surface area contributed by atoms with Crippen molar-refractivity contribution in [2.24, 2.45) is 0 Å². The molecule has 60 valence electrons. The fourth-order valence-electron chi connectivity index (χ4n) is 1.40. The van der Waals surface area contributed by atoms with Gasteiger partial charge < -0.3 is 9.94 Å². The lowest BCUT2D eigenvalue weighted by atomic mass is 9.93. The van der Waals surface area contributed by atoms with Gasteiger partial charge in [0, 0.05) is 0 Å². The van der Waals surface area contributed by atoms with Gasteiger partial charge in [0.15, 0.2) is 0 Å². The molecule has 1 fully saturated rings. The molecule has 3 nitrogen and oxygen atoms in total. The Balaban J connectivity index is 2.25. The Bertz CT molecular complexity index is 95.6. The predicted octanol–water partition coefficient (Wildman–Crippen LogP) is 0.441. The minimum absolute atomic E-state index is 0.152. The normalized spacial score (nSPS) is 34.2. The van der Waals surface area contributed by atoms with Crippen molar-refractivity contribution in [3.05, 3.63) is 0 Å². The number of nitrogens with one attached hydrogen (secondary N) is 1. The summed E-state index contributed by atoms with van der Waals surface area (Å²) in [5.41, 5.74) is 2.78. The topological polar surface area (TPSA) is 41.5 Å². The van der Waals surface area contributed by atoms with Crippen LogP contribution in [0, 0.1) is 0 Å². The zero-order valence-electron chi connectivity index (χ0n) is 6.34. The second-order valence-corrected chi connectivity index (χ2v) is 2.78. The zero-order chi connectivity index (χ0) is 7.40. The van der Waals surface area contributed by atoms with Crippen molar-refractivity contribution in [2.75, 3.05) is 7.11 Å². The predicted molar refractivity (Wildman–Crippen MR) is 38.4 cm³/mol. The van der Waals surface area contributed by atoms with E-state index in [2.05, 4.69) is 5.48 Å². The van der Waals surface area contributed by atoms with E-state index >= 15 is 0 Å². The molecule has 1 aliphatic rings. The molecule has 0 amide bonds. The van der Waals surface area contributed by atoms with E-state index in [1.165, 1.54) is 6.42 Å². The Morgan fingerprint density at radius 2 is 2.10 bits per heavy atom. The third-order valence-electron chi connectivity index (χ3n) is 2.00. The van der Waals surface area contributed by atoms with Gasteiger partial charge in [0.25, 0.3) is 0 Å². The molecule has 2 N–H and O–H groups in total. The smallest absolute Gasteiger partial charge is 0.0716 e. The van der Waals surface area contributed by atoms with E-state index in [0.717, 1.165) is 19.3 Å². The Morgan fingerprint density at radius 1 is 1.40 bits per heavy atom. The first-order chi connectivity index (χ1) is 4.84. The fraction of sp³-hybridized carbons (Fsp3) is 1.00. The van der Waals surface area contributed by atoms with E-state index < -0.39 is 0 Å². The van der Waals surface area contributed by atoms with Gasteiger partial charge in [-0.05, 0) is 12.8 Å². The summed E-state index contributed by atoms with van der Waals surface area (Å²) in [5, 5.41) is 9.36. The average molecular weight is 145 g/mol. The average Bonchev–Trinajstić information content (AvgIpc) is 1.94. The van der Waals surface area contributed by atoms with Crippen molar-refractivity contribution >= 4 is 0 Å². The van der Waals surface area contributed by atoms with E-state index in [0.29, 0.717) is 0 Å². The second kappa shape index (κ2) is 3.91. The van der Waals surface area contributed by atoms with Gasteiger partial charge in [0.1, 0.15) is 0 Å². The van der Waals surface area contributed by atoms with Crippen LogP contribution >= 0.6 is 0 Å². The summed E-state index contributed by atoms with van der Waals surface area (Å²) in [6.45, 7) is 0. The number of hydrogen-bond donors (Lipinski definition) is 2. The third kappa shape index (κ3) is 1.94. The minimum atomic E-state index is -0.214. The van der Waals surface area contributed by atoms with Crippen molar-refractivity contribution in [3.63, 3.8) is 0 Å². The zero-order valence-corrected chi connectivity index (χ0v) is 6.34. The minimum Gasteiger partial charge on any atom is -0.391 e. The molecule has 0 aromatic carbocycles. The molecule has 0 saturated heterocycles. The molecular weight excluding hydrogens is 130 g/mol. The molecular formula is C7H15NO2. The molecule has 0 aromatic rings. The van der Waals surface area contributed by atoms with Gasteiger partial charge in [-0.3, -0.25) is 0 Å². The van der Waals surface area contributed by atoms with Crippen LogP contribution in [0.4, 0.5) is 0 Å². The van der Waals surface area contributed by atoms with Gasteiger partial charge in [-0.15, -0.1) is 0 Å². The molecule has 10 heavy (non-hydrogen) atoms. The van der Waals surface area contributed by atoms with E-state index in [4.69, 9.17) is 4.84 Å². The molecule has 1 aliphatic carbocycles. The van der Waals surface area contributed by atoms with E-state index in [1.807, 2.05) is 0 Å². The van der Waals surface area contributed by atoms with Crippen LogP contribution in [-0.4, -0.2) is 24.4 Å². The molecule has 0 spiro atoms. The lowest BCUT2D eigenvalue weighted by Crippen LogP contribution is -2.41. The lowest BCUT2D eigenvalue weighted by molar-refractivity contribution is -0.0111. The van der Waals surface area contributed by atoms with Gasteiger partial charge in [-0.1, -0.05) is 12.8 Å². The summed E-state index contributed by atoms with van der Waals surface area (Å²) < 4.78 is 0. The number of rotatable bonds is 2. The molecule has 3 heteroatoms. The Kier molecular flexibility index (Phi) is 3.12. The van der Waals surface area contributed by atoms with Crippen LogP contribution in [0.5, 0.6) is 0 Å². The highest BCUT2D eigenvalue weighted by molar-refractivity contribution is 4.77. The van der Waals surface area contributed by atoms with Crippen LogP contribution in [0.3, 0.4) is 0 Å². The summed E-state index contributed by atoms with van der Waals surface area (Å²) in [6.07, 6.45) is 4.05. The highest BCUT2D eigenvalue weighted by atomic mass is 16.6. The standard InChI is InChI=1S/C7H15NO2/c1-10-8-6-4-2-3-5-7(6)9/h6-9H,2-5H2,1H3/t6-,7+/m1/s1. The Labute approximate surface area is 61.3 Å². The molecule has 0 radical (unpaired) electrons. The third-order valence-corrected chi connectivity index (χ3v) is 2.00. The Morgan fingerprint density at radius 3 is 2.70 bits per heavy atom. The van der Waals surface area contributed by atoms with E-state index in [-0.39, 0.29) is 12.1 Å². The van der Waals surface area contributed by atoms with Gasteiger partial charge in [0.2, 0.25) is 0 Å². The van der Waals surface area contributed by atoms with Gasteiger partial charge in [0.05, 0.1) is 19.3 Å². The summed E-state index contributed by atoms with van der Waals surface area (Å²) in [6, 6.07) is 0.152. The SMILES string of the molecule is CON[C@@H]1CCCC[C@@H]1O. The molecule has 0 unspecified atom stereocenters. The quantitative estimate of drug-likeness (QED) is 0.554. The summed E-state index contributed by atoms with van der Waals surface area (Å²) in [5.74, 6) is 0. The van der Waals surface area contributed by atoms with Crippen LogP contribution in [0.2, 0.25) is 0 Å². The maximum absolute atomic E-state index is 9.36. The molecule has 2 atom stereocenters. The molecule has 0 heterocycles. The van der Waals surface area contributed by atoms with Crippen molar-refractivity contribution in [1.82, 2.24) is 5.48 Å². The maximum atomic E-state index is 9.36. The monoisotopic (exact) mass is 145 g/mol. The van der Waals surface area contributed by atoms with E-state index in [1.54, 1.807) is 7.11 Å². The number of aliphatic hydroxyl groups is 1. The van der Waals surface area contributed by atoms with Crippen LogP contribution in [0.15, 0.2) is 0 Å². The molecule has 0 aliphatic heterocycles. The van der Waals surface area contributed by atoms with Crippen LogP contribution in [0.1, 0.15) is 25.7 Å². The second-order valence-electron chi connectivity index (χ2n) is 2.78. The van der Waals surface area contributed by atoms with E-state index in [9.17, 15) is 5.11 Å². The van der Waals surface area contributed by atoms with Gasteiger partial charge in [-0.25, -0.2) is 0 Å². The van der Waals surface area contributed by atoms with Crippen molar-refractivity contribution in [2.45, 2.75) is 37.8 Å². The van der Waals surface area contributed by atoms with Crippen molar-refractivity contribution in [1.29, 1.82) is 0 Å².